The van der Waals surface area contributed by atoms with Crippen LogP contribution in [0.2, 0.25) is 10.4 Å². The van der Waals surface area contributed by atoms with Gasteiger partial charge in [-0.15, -0.1) is 12.4 Å². The van der Waals surface area contributed by atoms with E-state index < -0.39 is 0 Å². The van der Waals surface area contributed by atoms with Crippen LogP contribution in [0.3, 0.4) is 0 Å². The van der Waals surface area contributed by atoms with Gasteiger partial charge in [0.25, 0.3) is 0 Å². The molecule has 0 unspecified atom stereocenters. The monoisotopic (exact) mass is 296 g/mol. The van der Waals surface area contributed by atoms with E-state index in [2.05, 4.69) is 20.6 Å². The third-order valence-corrected chi connectivity index (χ3v) is 3.17. The third kappa shape index (κ3) is 4.56. The molecule has 1 aliphatic rings. The van der Waals surface area contributed by atoms with Crippen LogP contribution in [0.5, 0.6) is 0 Å². The molecule has 0 bridgehead atoms. The zero-order valence-electron chi connectivity index (χ0n) is 9.25. The lowest BCUT2D eigenvalue weighted by Gasteiger charge is -2.23. The minimum absolute atomic E-state index is 0. The number of piperidine rings is 1. The number of hydrogen-bond donors (Lipinski definition) is 2. The lowest BCUT2D eigenvalue weighted by molar-refractivity contribution is 0.389. The topological polar surface area (TPSA) is 49.8 Å². The quantitative estimate of drug-likeness (QED) is 0.662. The van der Waals surface area contributed by atoms with Gasteiger partial charge in [-0.2, -0.15) is 0 Å². The van der Waals surface area contributed by atoms with Gasteiger partial charge in [-0.3, -0.25) is 0 Å². The second-order valence-corrected chi connectivity index (χ2v) is 4.58. The van der Waals surface area contributed by atoms with Gasteiger partial charge in [0.1, 0.15) is 5.15 Å². The zero-order chi connectivity index (χ0) is 11.4. The summed E-state index contributed by atoms with van der Waals surface area (Å²) in [4.78, 5) is 7.82. The van der Waals surface area contributed by atoms with E-state index in [1.165, 1.54) is 12.8 Å². The van der Waals surface area contributed by atoms with Crippen molar-refractivity contribution in [2.45, 2.75) is 25.4 Å². The Bertz CT molecular complexity index is 355. The fourth-order valence-electron chi connectivity index (χ4n) is 1.77. The Morgan fingerprint density at radius 3 is 2.94 bits per heavy atom. The van der Waals surface area contributed by atoms with Gasteiger partial charge in [0, 0.05) is 30.9 Å². The lowest BCUT2D eigenvalue weighted by Crippen LogP contribution is -2.42. The Balaban J connectivity index is 0.00000144. The summed E-state index contributed by atoms with van der Waals surface area (Å²) in [5.74, 6) is 0. The second kappa shape index (κ2) is 7.34. The minimum atomic E-state index is 0. The van der Waals surface area contributed by atoms with Gasteiger partial charge in [-0.05, 0) is 31.0 Å². The summed E-state index contributed by atoms with van der Waals surface area (Å²) in [5, 5.41) is 7.39. The number of rotatable bonds is 3. The molecule has 1 aromatic heterocycles. The number of nitrogens with one attached hydrogen (secondary N) is 2. The average molecular weight is 298 g/mol. The van der Waals surface area contributed by atoms with Crippen LogP contribution in [0.1, 0.15) is 18.4 Å². The van der Waals surface area contributed by atoms with Gasteiger partial charge in [-0.25, -0.2) is 9.97 Å². The molecule has 2 heterocycles. The molecule has 96 valence electrons. The summed E-state index contributed by atoms with van der Waals surface area (Å²) in [7, 11) is 0. The Hall–Kier alpha value is -0.130. The Kier molecular flexibility index (Phi) is 6.44. The van der Waals surface area contributed by atoms with Gasteiger partial charge in [0.15, 0.2) is 0 Å². The van der Waals surface area contributed by atoms with E-state index in [9.17, 15) is 0 Å². The molecule has 0 aliphatic carbocycles. The molecule has 17 heavy (non-hydrogen) atoms. The largest absolute Gasteiger partial charge is 0.315 e. The van der Waals surface area contributed by atoms with Crippen LogP contribution in [-0.4, -0.2) is 29.1 Å². The smallest absolute Gasteiger partial charge is 0.223 e. The SMILES string of the molecule is Cl.Clc1ncc(CN[C@H]2CCCNC2)c(Cl)n1. The first-order chi connectivity index (χ1) is 7.75. The van der Waals surface area contributed by atoms with Gasteiger partial charge < -0.3 is 10.6 Å². The molecule has 2 N–H and O–H groups in total. The number of hydrogen-bond acceptors (Lipinski definition) is 4. The highest BCUT2D eigenvalue weighted by Crippen LogP contribution is 2.14. The normalized spacial score (nSPS) is 19.8. The molecule has 0 saturated carbocycles. The Labute approximate surface area is 117 Å². The van der Waals surface area contributed by atoms with Crippen LogP contribution in [0, 0.1) is 0 Å². The maximum atomic E-state index is 5.96. The Morgan fingerprint density at radius 2 is 2.29 bits per heavy atom. The van der Waals surface area contributed by atoms with Gasteiger partial charge in [0.2, 0.25) is 5.28 Å². The molecule has 1 aromatic rings. The molecule has 1 atom stereocenters. The minimum Gasteiger partial charge on any atom is -0.315 e. The molecule has 2 rings (SSSR count). The molecular formula is C10H15Cl3N4. The third-order valence-electron chi connectivity index (χ3n) is 2.66. The predicted molar refractivity (Wildman–Crippen MR) is 72.0 cm³/mol. The average Bonchev–Trinajstić information content (AvgIpc) is 2.29. The van der Waals surface area contributed by atoms with Gasteiger partial charge in [-0.1, -0.05) is 11.6 Å². The molecule has 1 aliphatic heterocycles. The maximum absolute atomic E-state index is 5.96. The molecule has 0 amide bonds. The fourth-order valence-corrected chi connectivity index (χ4v) is 2.14. The molecule has 0 radical (unpaired) electrons. The molecular weight excluding hydrogens is 282 g/mol. The Morgan fingerprint density at radius 1 is 1.47 bits per heavy atom. The first-order valence-electron chi connectivity index (χ1n) is 5.37. The van der Waals surface area contributed by atoms with Crippen molar-refractivity contribution >= 4 is 35.6 Å². The van der Waals surface area contributed by atoms with Gasteiger partial charge in [0.05, 0.1) is 0 Å². The van der Waals surface area contributed by atoms with Crippen molar-refractivity contribution in [2.24, 2.45) is 0 Å². The number of aromatic nitrogens is 2. The molecule has 4 nitrogen and oxygen atoms in total. The highest BCUT2D eigenvalue weighted by molar-refractivity contribution is 6.32. The summed E-state index contributed by atoms with van der Waals surface area (Å²) < 4.78 is 0. The first-order valence-corrected chi connectivity index (χ1v) is 6.12. The summed E-state index contributed by atoms with van der Waals surface area (Å²) in [5.41, 5.74) is 0.886. The van der Waals surface area contributed by atoms with E-state index in [0.29, 0.717) is 17.7 Å². The van der Waals surface area contributed by atoms with Crippen molar-refractivity contribution in [2.75, 3.05) is 13.1 Å². The summed E-state index contributed by atoms with van der Waals surface area (Å²) in [6.07, 6.45) is 4.07. The fraction of sp³-hybridized carbons (Fsp3) is 0.600. The van der Waals surface area contributed by atoms with Crippen molar-refractivity contribution < 1.29 is 0 Å². The van der Waals surface area contributed by atoms with Crippen molar-refractivity contribution in [3.8, 4) is 0 Å². The van der Waals surface area contributed by atoms with E-state index in [4.69, 9.17) is 23.2 Å². The van der Waals surface area contributed by atoms with Crippen LogP contribution in [0.25, 0.3) is 0 Å². The van der Waals surface area contributed by atoms with Crippen LogP contribution in [0.4, 0.5) is 0 Å². The van der Waals surface area contributed by atoms with E-state index in [-0.39, 0.29) is 17.7 Å². The van der Waals surface area contributed by atoms with Crippen molar-refractivity contribution in [3.05, 3.63) is 22.2 Å². The highest BCUT2D eigenvalue weighted by atomic mass is 35.5. The number of nitrogens with zero attached hydrogens (tertiary/aromatic N) is 2. The van der Waals surface area contributed by atoms with Crippen LogP contribution in [0.15, 0.2) is 6.20 Å². The van der Waals surface area contributed by atoms with Crippen LogP contribution >= 0.6 is 35.6 Å². The van der Waals surface area contributed by atoms with Crippen molar-refractivity contribution in [1.29, 1.82) is 0 Å². The van der Waals surface area contributed by atoms with Crippen molar-refractivity contribution in [3.63, 3.8) is 0 Å². The van der Waals surface area contributed by atoms with Gasteiger partial charge >= 0.3 is 0 Å². The standard InChI is InChI=1S/C10H14Cl2N4.ClH/c11-9-7(5-15-10(12)16-9)4-14-8-2-1-3-13-6-8;/h5,8,13-14H,1-4,6H2;1H/t8-;/m0./s1. The van der Waals surface area contributed by atoms with E-state index >= 15 is 0 Å². The first kappa shape index (κ1) is 14.9. The van der Waals surface area contributed by atoms with Crippen molar-refractivity contribution in [1.82, 2.24) is 20.6 Å². The second-order valence-electron chi connectivity index (χ2n) is 3.88. The van der Waals surface area contributed by atoms with E-state index in [1.54, 1.807) is 6.20 Å². The molecule has 0 aromatic carbocycles. The van der Waals surface area contributed by atoms with E-state index in [1.807, 2.05) is 0 Å². The summed E-state index contributed by atoms with van der Waals surface area (Å²) in [6, 6.07) is 0.500. The van der Waals surface area contributed by atoms with Crippen LogP contribution < -0.4 is 10.6 Å². The predicted octanol–water partition coefficient (Wildman–Crippen LogP) is 2.05. The highest BCUT2D eigenvalue weighted by Gasteiger charge is 2.13. The molecule has 1 fully saturated rings. The molecule has 7 heteroatoms. The lowest BCUT2D eigenvalue weighted by atomic mass is 10.1. The summed E-state index contributed by atoms with van der Waals surface area (Å²) >= 11 is 11.6. The maximum Gasteiger partial charge on any atom is 0.223 e. The summed E-state index contributed by atoms with van der Waals surface area (Å²) in [6.45, 7) is 2.80. The molecule has 1 saturated heterocycles. The van der Waals surface area contributed by atoms with Crippen LogP contribution in [-0.2, 0) is 6.54 Å². The van der Waals surface area contributed by atoms with E-state index in [0.717, 1.165) is 18.7 Å². The number of halogens is 3. The molecule has 0 spiro atoms. The zero-order valence-corrected chi connectivity index (χ0v) is 11.6.